The molecule has 0 aromatic rings. The Bertz CT molecular complexity index is 526. The van der Waals surface area contributed by atoms with Crippen LogP contribution in [0.3, 0.4) is 0 Å². The maximum atomic E-state index is 12.5. The summed E-state index contributed by atoms with van der Waals surface area (Å²) in [5, 5.41) is 4.35. The molecular weight excluding hydrogens is 332 g/mol. The lowest BCUT2D eigenvalue weighted by molar-refractivity contribution is -0.172. The number of fused-ring (bicyclic) bond motifs is 2. The Morgan fingerprint density at radius 1 is 1.32 bits per heavy atom. The van der Waals surface area contributed by atoms with Crippen molar-refractivity contribution in [1.29, 1.82) is 0 Å². The minimum atomic E-state index is -0.589. The van der Waals surface area contributed by atoms with E-state index in [4.69, 9.17) is 14.4 Å². The summed E-state index contributed by atoms with van der Waals surface area (Å²) in [5.41, 5.74) is 2.43. The van der Waals surface area contributed by atoms with Crippen molar-refractivity contribution < 1.29 is 28.8 Å². The average Bonchev–Trinajstić information content (AvgIpc) is 2.79. The molecule has 0 aromatic carbocycles. The largest absolute Gasteiger partial charge is 0.464 e. The van der Waals surface area contributed by atoms with Crippen LogP contribution in [0.25, 0.3) is 0 Å². The summed E-state index contributed by atoms with van der Waals surface area (Å²) in [7, 11) is 0. The van der Waals surface area contributed by atoms with Crippen molar-refractivity contribution >= 4 is 17.9 Å². The van der Waals surface area contributed by atoms with Crippen molar-refractivity contribution in [3.8, 4) is 0 Å². The highest BCUT2D eigenvalue weighted by Crippen LogP contribution is 2.30. The Morgan fingerprint density at radius 3 is 2.80 bits per heavy atom. The van der Waals surface area contributed by atoms with E-state index in [-0.39, 0.29) is 31.2 Å². The third-order valence-corrected chi connectivity index (χ3v) is 4.64. The first-order chi connectivity index (χ1) is 12.1. The van der Waals surface area contributed by atoms with E-state index in [1.165, 1.54) is 9.96 Å². The zero-order valence-electron chi connectivity index (χ0n) is 14.2. The molecular formula is C15H24N4O6. The van der Waals surface area contributed by atoms with E-state index in [0.717, 1.165) is 13.0 Å². The van der Waals surface area contributed by atoms with E-state index >= 15 is 0 Å². The second kappa shape index (κ2) is 7.98. The van der Waals surface area contributed by atoms with Crippen LogP contribution in [0.15, 0.2) is 0 Å². The minimum Gasteiger partial charge on any atom is -0.464 e. The normalized spacial score (nSPS) is 27.9. The maximum Gasteiger partial charge on any atom is 0.345 e. The molecule has 2 N–H and O–H groups in total. The molecule has 0 aliphatic carbocycles. The third-order valence-electron chi connectivity index (χ3n) is 4.64. The van der Waals surface area contributed by atoms with Crippen LogP contribution in [0.4, 0.5) is 4.79 Å². The molecule has 3 fully saturated rings. The molecule has 25 heavy (non-hydrogen) atoms. The molecule has 0 saturated carbocycles. The highest BCUT2D eigenvalue weighted by atomic mass is 16.7. The fourth-order valence-electron chi connectivity index (χ4n) is 3.17. The summed E-state index contributed by atoms with van der Waals surface area (Å²) in [5.74, 6) is -0.864. The van der Waals surface area contributed by atoms with Crippen LogP contribution < -0.4 is 10.8 Å². The first-order valence-electron chi connectivity index (χ1n) is 8.63. The van der Waals surface area contributed by atoms with E-state index in [9.17, 15) is 14.4 Å². The molecule has 3 rings (SSSR count). The maximum absolute atomic E-state index is 12.5. The van der Waals surface area contributed by atoms with Crippen molar-refractivity contribution in [2.45, 2.75) is 44.3 Å². The van der Waals surface area contributed by atoms with Gasteiger partial charge in [0.2, 0.25) is 0 Å². The minimum absolute atomic E-state index is 0.161. The molecule has 3 aliphatic heterocycles. The van der Waals surface area contributed by atoms with Gasteiger partial charge in [0, 0.05) is 12.6 Å². The van der Waals surface area contributed by atoms with Crippen LogP contribution in [0.2, 0.25) is 0 Å². The second-order valence-corrected chi connectivity index (χ2v) is 6.30. The quantitative estimate of drug-likeness (QED) is 0.431. The van der Waals surface area contributed by atoms with Crippen molar-refractivity contribution in [2.24, 2.45) is 0 Å². The Labute approximate surface area is 145 Å². The summed E-state index contributed by atoms with van der Waals surface area (Å²) >= 11 is 0. The van der Waals surface area contributed by atoms with Crippen molar-refractivity contribution in [2.75, 3.05) is 32.9 Å². The molecule has 3 amide bonds. The van der Waals surface area contributed by atoms with Gasteiger partial charge in [-0.15, -0.1) is 0 Å². The molecule has 0 radical (unpaired) electrons. The molecule has 10 nitrogen and oxygen atoms in total. The van der Waals surface area contributed by atoms with Crippen LogP contribution in [0, 0.1) is 0 Å². The van der Waals surface area contributed by atoms with Gasteiger partial charge in [-0.2, -0.15) is 5.06 Å². The molecule has 140 valence electrons. The van der Waals surface area contributed by atoms with Crippen molar-refractivity contribution in [3.63, 3.8) is 0 Å². The number of urea groups is 1. The molecule has 0 spiro atoms. The predicted octanol–water partition coefficient (Wildman–Crippen LogP) is -0.841. The number of hydroxylamine groups is 3. The van der Waals surface area contributed by atoms with Gasteiger partial charge in [0.1, 0.15) is 6.04 Å². The van der Waals surface area contributed by atoms with Crippen LogP contribution in [-0.4, -0.2) is 78.9 Å². The number of esters is 1. The van der Waals surface area contributed by atoms with Crippen LogP contribution in [0.5, 0.6) is 0 Å². The lowest BCUT2D eigenvalue weighted by Crippen LogP contribution is -2.51. The van der Waals surface area contributed by atoms with Crippen LogP contribution in [0.1, 0.15) is 26.2 Å². The highest BCUT2D eigenvalue weighted by molar-refractivity contribution is 5.88. The van der Waals surface area contributed by atoms with Gasteiger partial charge in [0.05, 0.1) is 19.3 Å². The standard InChI is InChI=1S/C15H24N4O6/c1-2-23-13(20)9-25-19-11-3-4-12(18(7-11)15(19)22)14(21)17-24-8-10-5-6-16-10/h10-12,16H,2-9H2,1H3,(H,17,21)/t10-,11+,12+/m0/s1. The second-order valence-electron chi connectivity index (χ2n) is 6.30. The SMILES string of the molecule is CCOC(=O)CON1C(=O)N2C[C@H]1CC[C@@H]2C(=O)NOC[C@@H]1CCN1. The van der Waals surface area contributed by atoms with E-state index in [2.05, 4.69) is 10.8 Å². The van der Waals surface area contributed by atoms with E-state index in [1.807, 2.05) is 0 Å². The Balaban J connectivity index is 1.48. The number of nitrogens with one attached hydrogen (secondary N) is 2. The van der Waals surface area contributed by atoms with Gasteiger partial charge in [-0.3, -0.25) is 14.5 Å². The molecule has 3 saturated heterocycles. The smallest absolute Gasteiger partial charge is 0.345 e. The summed E-state index contributed by atoms with van der Waals surface area (Å²) in [6, 6.07) is -0.885. The lowest BCUT2D eigenvalue weighted by Gasteiger charge is -2.30. The van der Waals surface area contributed by atoms with E-state index < -0.39 is 18.0 Å². The fourth-order valence-corrected chi connectivity index (χ4v) is 3.17. The Morgan fingerprint density at radius 2 is 2.12 bits per heavy atom. The molecule has 3 aliphatic rings. The first-order valence-corrected chi connectivity index (χ1v) is 8.63. The number of piperidine rings is 1. The van der Waals surface area contributed by atoms with Crippen molar-refractivity contribution in [1.82, 2.24) is 20.8 Å². The van der Waals surface area contributed by atoms with Gasteiger partial charge in [0.25, 0.3) is 5.91 Å². The summed E-state index contributed by atoms with van der Waals surface area (Å²) < 4.78 is 4.78. The number of carbonyl (C=O) groups excluding carboxylic acids is 3. The molecule has 3 atom stereocenters. The van der Waals surface area contributed by atoms with Gasteiger partial charge >= 0.3 is 12.0 Å². The Hall–Kier alpha value is -1.91. The summed E-state index contributed by atoms with van der Waals surface area (Å²) in [4.78, 5) is 48.1. The number of amides is 3. The number of nitrogens with zero attached hydrogens (tertiary/aromatic N) is 2. The molecule has 3 heterocycles. The van der Waals surface area contributed by atoms with Gasteiger partial charge in [-0.25, -0.2) is 15.1 Å². The highest BCUT2D eigenvalue weighted by Gasteiger charge is 2.48. The molecule has 0 aromatic heterocycles. The number of hydrogen-bond donors (Lipinski definition) is 2. The third kappa shape index (κ3) is 4.02. The first kappa shape index (κ1) is 17.9. The molecule has 10 heteroatoms. The fraction of sp³-hybridized carbons (Fsp3) is 0.800. The van der Waals surface area contributed by atoms with Crippen molar-refractivity contribution in [3.05, 3.63) is 0 Å². The van der Waals surface area contributed by atoms with E-state index in [0.29, 0.717) is 26.0 Å². The van der Waals surface area contributed by atoms with Crippen LogP contribution in [-0.2, 0) is 24.0 Å². The zero-order valence-corrected chi connectivity index (χ0v) is 14.2. The zero-order chi connectivity index (χ0) is 17.8. The molecule has 0 unspecified atom stereocenters. The predicted molar refractivity (Wildman–Crippen MR) is 83.8 cm³/mol. The van der Waals surface area contributed by atoms with E-state index in [1.54, 1.807) is 6.92 Å². The summed E-state index contributed by atoms with van der Waals surface area (Å²) in [6.07, 6.45) is 2.16. The average molecular weight is 356 g/mol. The van der Waals surface area contributed by atoms with Gasteiger partial charge in [-0.1, -0.05) is 0 Å². The Kier molecular flexibility index (Phi) is 5.71. The monoisotopic (exact) mass is 356 g/mol. The van der Waals surface area contributed by atoms with Gasteiger partial charge in [0.15, 0.2) is 6.61 Å². The van der Waals surface area contributed by atoms with Gasteiger partial charge < -0.3 is 15.0 Å². The number of rotatable bonds is 8. The molecule has 2 bridgehead atoms. The number of carbonyl (C=O) groups is 3. The van der Waals surface area contributed by atoms with Gasteiger partial charge in [-0.05, 0) is 32.7 Å². The van der Waals surface area contributed by atoms with Crippen LogP contribution >= 0.6 is 0 Å². The number of hydrogen-bond acceptors (Lipinski definition) is 7. The lowest BCUT2D eigenvalue weighted by atomic mass is 10.0. The summed E-state index contributed by atoms with van der Waals surface area (Å²) in [6.45, 7) is 3.40. The topological polar surface area (TPSA) is 109 Å². The number of ether oxygens (including phenoxy) is 1.